The van der Waals surface area contributed by atoms with Crippen LogP contribution in [0.4, 0.5) is 0 Å². The van der Waals surface area contributed by atoms with Crippen molar-refractivity contribution in [1.82, 2.24) is 9.80 Å². The molecule has 2 aromatic rings. The van der Waals surface area contributed by atoms with Crippen molar-refractivity contribution in [3.8, 4) is 0 Å². The molecule has 2 nitrogen and oxygen atoms in total. The van der Waals surface area contributed by atoms with Gasteiger partial charge in [-0.1, -0.05) is 67.6 Å². The van der Waals surface area contributed by atoms with Gasteiger partial charge in [-0.15, -0.1) is 11.6 Å². The van der Waals surface area contributed by atoms with Crippen molar-refractivity contribution in [3.63, 3.8) is 0 Å². The Bertz CT molecular complexity index is 540. The van der Waals surface area contributed by atoms with Gasteiger partial charge in [-0.25, -0.2) is 0 Å². The summed E-state index contributed by atoms with van der Waals surface area (Å²) in [5.41, 5.74) is 2.90. The first-order chi connectivity index (χ1) is 11.3. The van der Waals surface area contributed by atoms with E-state index in [-0.39, 0.29) is 5.50 Å². The molecule has 1 aliphatic rings. The Morgan fingerprint density at radius 3 is 1.65 bits per heavy atom. The lowest BCUT2D eigenvalue weighted by molar-refractivity contribution is 0.0993. The Kier molecular flexibility index (Phi) is 5.71. The molecule has 122 valence electrons. The first kappa shape index (κ1) is 16.5. The van der Waals surface area contributed by atoms with Crippen molar-refractivity contribution in [3.05, 3.63) is 71.8 Å². The van der Waals surface area contributed by atoms with E-state index in [1.807, 2.05) is 0 Å². The normalized spacial score (nSPS) is 18.2. The molecule has 0 aliphatic carbocycles. The van der Waals surface area contributed by atoms with Crippen molar-refractivity contribution in [1.29, 1.82) is 0 Å². The van der Waals surface area contributed by atoms with Gasteiger partial charge in [0.15, 0.2) is 0 Å². The second kappa shape index (κ2) is 7.96. The van der Waals surface area contributed by atoms with Gasteiger partial charge in [0.2, 0.25) is 0 Å². The van der Waals surface area contributed by atoms with E-state index in [9.17, 15) is 0 Å². The van der Waals surface area contributed by atoms with Crippen molar-refractivity contribution in [2.75, 3.05) is 26.2 Å². The van der Waals surface area contributed by atoms with Crippen LogP contribution in [-0.2, 0) is 0 Å². The van der Waals surface area contributed by atoms with Gasteiger partial charge in [-0.05, 0) is 17.5 Å². The standard InChI is InChI=1S/C20H25ClN2/c1-2-19(21)22-13-15-23(16-14-22)20(17-9-5-3-6-10-17)18-11-7-4-8-12-18/h3-12,19-20H,2,13-16H2,1H3. The SMILES string of the molecule is CCC(Cl)N1CCN(C(c2ccccc2)c2ccccc2)CC1. The first-order valence-electron chi connectivity index (χ1n) is 8.51. The molecule has 0 bridgehead atoms. The van der Waals surface area contributed by atoms with Crippen LogP contribution in [0.25, 0.3) is 0 Å². The molecular formula is C20H25ClN2. The first-order valence-corrected chi connectivity index (χ1v) is 8.95. The molecule has 3 rings (SSSR count). The lowest BCUT2D eigenvalue weighted by atomic mass is 9.96. The van der Waals surface area contributed by atoms with Crippen LogP contribution in [0.3, 0.4) is 0 Å². The van der Waals surface area contributed by atoms with E-state index in [0.29, 0.717) is 6.04 Å². The van der Waals surface area contributed by atoms with Gasteiger partial charge in [0, 0.05) is 26.2 Å². The van der Waals surface area contributed by atoms with Crippen LogP contribution >= 0.6 is 11.6 Å². The third-order valence-corrected chi connectivity index (χ3v) is 5.26. The predicted molar refractivity (Wildman–Crippen MR) is 97.8 cm³/mol. The molecule has 23 heavy (non-hydrogen) atoms. The van der Waals surface area contributed by atoms with E-state index in [0.717, 1.165) is 32.6 Å². The summed E-state index contributed by atoms with van der Waals surface area (Å²) in [7, 11) is 0. The summed E-state index contributed by atoms with van der Waals surface area (Å²) in [6.07, 6.45) is 1.00. The van der Waals surface area contributed by atoms with Gasteiger partial charge in [0.05, 0.1) is 11.5 Å². The minimum Gasteiger partial charge on any atom is -0.290 e. The van der Waals surface area contributed by atoms with E-state index in [4.69, 9.17) is 11.6 Å². The second-order valence-electron chi connectivity index (χ2n) is 6.14. The summed E-state index contributed by atoms with van der Waals surface area (Å²) in [5, 5.41) is 0. The van der Waals surface area contributed by atoms with E-state index in [2.05, 4.69) is 77.4 Å². The van der Waals surface area contributed by atoms with E-state index in [1.54, 1.807) is 0 Å². The number of hydrogen-bond acceptors (Lipinski definition) is 2. The summed E-state index contributed by atoms with van der Waals surface area (Å²) in [5.74, 6) is 0. The molecule has 1 fully saturated rings. The van der Waals surface area contributed by atoms with Crippen LogP contribution in [0.1, 0.15) is 30.5 Å². The fourth-order valence-corrected chi connectivity index (χ4v) is 3.61. The molecule has 2 aromatic carbocycles. The van der Waals surface area contributed by atoms with Crippen LogP contribution in [0.2, 0.25) is 0 Å². The van der Waals surface area contributed by atoms with E-state index >= 15 is 0 Å². The Morgan fingerprint density at radius 1 is 0.783 bits per heavy atom. The zero-order chi connectivity index (χ0) is 16.1. The average molecular weight is 329 g/mol. The maximum atomic E-state index is 6.41. The van der Waals surface area contributed by atoms with Crippen molar-refractivity contribution >= 4 is 11.6 Å². The highest BCUT2D eigenvalue weighted by molar-refractivity contribution is 6.20. The Hall–Kier alpha value is -1.35. The molecule has 0 amide bonds. The van der Waals surface area contributed by atoms with Gasteiger partial charge in [-0.2, -0.15) is 0 Å². The molecule has 0 saturated carbocycles. The maximum Gasteiger partial charge on any atom is 0.0848 e. The van der Waals surface area contributed by atoms with E-state index in [1.165, 1.54) is 11.1 Å². The minimum atomic E-state index is 0.170. The van der Waals surface area contributed by atoms with Gasteiger partial charge in [-0.3, -0.25) is 9.80 Å². The molecule has 0 radical (unpaired) electrons. The van der Waals surface area contributed by atoms with E-state index < -0.39 is 0 Å². The molecule has 1 aliphatic heterocycles. The highest BCUT2D eigenvalue weighted by atomic mass is 35.5. The number of nitrogens with zero attached hydrogens (tertiary/aromatic N) is 2. The number of hydrogen-bond donors (Lipinski definition) is 0. The summed E-state index contributed by atoms with van der Waals surface area (Å²) in [6, 6.07) is 22.0. The van der Waals surface area contributed by atoms with Gasteiger partial charge in [0.25, 0.3) is 0 Å². The molecule has 1 saturated heterocycles. The summed E-state index contributed by atoms with van der Waals surface area (Å²) < 4.78 is 0. The fraction of sp³-hybridized carbons (Fsp3) is 0.400. The zero-order valence-corrected chi connectivity index (χ0v) is 14.5. The smallest absolute Gasteiger partial charge is 0.0848 e. The lowest BCUT2D eigenvalue weighted by Crippen LogP contribution is -2.49. The topological polar surface area (TPSA) is 6.48 Å². The monoisotopic (exact) mass is 328 g/mol. The Balaban J connectivity index is 1.81. The number of alkyl halides is 1. The lowest BCUT2D eigenvalue weighted by Gasteiger charge is -2.41. The molecule has 1 atom stereocenters. The largest absolute Gasteiger partial charge is 0.290 e. The highest BCUT2D eigenvalue weighted by Crippen LogP contribution is 2.29. The number of halogens is 1. The molecular weight excluding hydrogens is 304 g/mol. The highest BCUT2D eigenvalue weighted by Gasteiger charge is 2.27. The third-order valence-electron chi connectivity index (χ3n) is 4.68. The Labute approximate surface area is 144 Å². The molecule has 3 heteroatoms. The van der Waals surface area contributed by atoms with Gasteiger partial charge < -0.3 is 0 Å². The second-order valence-corrected chi connectivity index (χ2v) is 6.64. The van der Waals surface area contributed by atoms with Gasteiger partial charge >= 0.3 is 0 Å². The molecule has 1 unspecified atom stereocenters. The van der Waals surface area contributed by atoms with Crippen LogP contribution in [-0.4, -0.2) is 41.5 Å². The zero-order valence-electron chi connectivity index (χ0n) is 13.7. The quantitative estimate of drug-likeness (QED) is 0.594. The van der Waals surface area contributed by atoms with Crippen molar-refractivity contribution < 1.29 is 0 Å². The molecule has 0 aromatic heterocycles. The number of rotatable bonds is 5. The minimum absolute atomic E-state index is 0.170. The molecule has 1 heterocycles. The van der Waals surface area contributed by atoms with Crippen LogP contribution < -0.4 is 0 Å². The summed E-state index contributed by atoms with van der Waals surface area (Å²) >= 11 is 6.41. The fourth-order valence-electron chi connectivity index (χ4n) is 3.42. The van der Waals surface area contributed by atoms with Crippen LogP contribution in [0.15, 0.2) is 60.7 Å². The average Bonchev–Trinajstić information content (AvgIpc) is 2.64. The predicted octanol–water partition coefficient (Wildman–Crippen LogP) is 4.37. The van der Waals surface area contributed by atoms with Crippen molar-refractivity contribution in [2.45, 2.75) is 24.9 Å². The van der Waals surface area contributed by atoms with Crippen molar-refractivity contribution in [2.24, 2.45) is 0 Å². The number of benzene rings is 2. The van der Waals surface area contributed by atoms with Crippen LogP contribution in [0.5, 0.6) is 0 Å². The van der Waals surface area contributed by atoms with Gasteiger partial charge in [0.1, 0.15) is 0 Å². The molecule has 0 spiro atoms. The Morgan fingerprint density at radius 2 is 1.22 bits per heavy atom. The summed E-state index contributed by atoms with van der Waals surface area (Å²) in [4.78, 5) is 4.98. The van der Waals surface area contributed by atoms with Crippen LogP contribution in [0, 0.1) is 0 Å². The third kappa shape index (κ3) is 3.95. The number of piperazine rings is 1. The summed E-state index contributed by atoms with van der Waals surface area (Å²) in [6.45, 7) is 6.34. The molecule has 0 N–H and O–H groups in total. The maximum absolute atomic E-state index is 6.41.